The number of carbonyl (C=O) groups excluding carboxylic acids is 1. The Morgan fingerprint density at radius 1 is 1.35 bits per heavy atom. The van der Waals surface area contributed by atoms with Crippen molar-refractivity contribution in [1.82, 2.24) is 10.1 Å². The van der Waals surface area contributed by atoms with Gasteiger partial charge in [-0.2, -0.15) is 18.2 Å². The fraction of sp³-hybridized carbons (Fsp3) is 0.250. The number of benzene rings is 1. The van der Waals surface area contributed by atoms with Crippen LogP contribution in [-0.2, 0) is 10.9 Å². The van der Waals surface area contributed by atoms with E-state index in [1.54, 1.807) is 6.92 Å². The van der Waals surface area contributed by atoms with Crippen LogP contribution in [0.4, 0.5) is 13.2 Å². The van der Waals surface area contributed by atoms with Gasteiger partial charge in [-0.05, 0) is 24.2 Å². The van der Waals surface area contributed by atoms with E-state index in [9.17, 15) is 18.0 Å². The molecular formula is C12H9F3N2O3. The van der Waals surface area contributed by atoms with Gasteiger partial charge in [-0.3, -0.25) is 0 Å². The summed E-state index contributed by atoms with van der Waals surface area (Å²) in [5.74, 6) is -1.66. The average molecular weight is 286 g/mol. The predicted octanol–water partition coefficient (Wildman–Crippen LogP) is 2.93. The molecule has 0 amide bonds. The van der Waals surface area contributed by atoms with Gasteiger partial charge in [-0.1, -0.05) is 12.1 Å². The van der Waals surface area contributed by atoms with E-state index in [0.717, 1.165) is 6.07 Å². The topological polar surface area (TPSA) is 65.2 Å². The maximum atomic E-state index is 12.8. The monoisotopic (exact) mass is 286 g/mol. The summed E-state index contributed by atoms with van der Waals surface area (Å²) in [4.78, 5) is 15.0. The van der Waals surface area contributed by atoms with E-state index in [1.165, 1.54) is 18.2 Å². The van der Waals surface area contributed by atoms with Crippen molar-refractivity contribution in [3.8, 4) is 11.5 Å². The molecule has 0 aliphatic rings. The first-order chi connectivity index (χ1) is 9.43. The number of hydrogen-bond acceptors (Lipinski definition) is 5. The molecule has 0 atom stereocenters. The molecule has 0 saturated carbocycles. The number of ether oxygens (including phenoxy) is 1. The molecule has 106 valence electrons. The van der Waals surface area contributed by atoms with Gasteiger partial charge >= 0.3 is 12.1 Å². The van der Waals surface area contributed by atoms with Crippen LogP contribution in [0.1, 0.15) is 23.1 Å². The van der Waals surface area contributed by atoms with Crippen LogP contribution in [0.3, 0.4) is 0 Å². The zero-order valence-electron chi connectivity index (χ0n) is 10.3. The molecule has 1 heterocycles. The van der Waals surface area contributed by atoms with Gasteiger partial charge in [0.2, 0.25) is 0 Å². The lowest BCUT2D eigenvalue weighted by Crippen LogP contribution is -2.08. The lowest BCUT2D eigenvalue weighted by molar-refractivity contribution is -0.137. The highest BCUT2D eigenvalue weighted by Crippen LogP contribution is 2.36. The van der Waals surface area contributed by atoms with E-state index in [1.807, 2.05) is 0 Å². The van der Waals surface area contributed by atoms with Gasteiger partial charge in [0.25, 0.3) is 11.7 Å². The zero-order chi connectivity index (χ0) is 14.8. The summed E-state index contributed by atoms with van der Waals surface area (Å²) in [7, 11) is 0. The van der Waals surface area contributed by atoms with Crippen molar-refractivity contribution in [3.63, 3.8) is 0 Å². The van der Waals surface area contributed by atoms with Crippen molar-refractivity contribution in [2.24, 2.45) is 0 Å². The van der Waals surface area contributed by atoms with E-state index in [2.05, 4.69) is 14.9 Å². The van der Waals surface area contributed by atoms with Gasteiger partial charge in [-0.25, -0.2) is 4.79 Å². The molecule has 1 aromatic heterocycles. The van der Waals surface area contributed by atoms with E-state index in [0.29, 0.717) is 0 Å². The molecule has 1 aromatic carbocycles. The van der Waals surface area contributed by atoms with Crippen LogP contribution in [0, 0.1) is 0 Å². The van der Waals surface area contributed by atoms with E-state index in [-0.39, 0.29) is 18.1 Å². The number of hydrogen-bond donors (Lipinski definition) is 0. The highest BCUT2D eigenvalue weighted by Gasteiger charge is 2.35. The van der Waals surface area contributed by atoms with Crippen molar-refractivity contribution in [1.29, 1.82) is 0 Å². The fourth-order valence-corrected chi connectivity index (χ4v) is 1.53. The minimum Gasteiger partial charge on any atom is -0.460 e. The molecular weight excluding hydrogens is 277 g/mol. The second-order valence-electron chi connectivity index (χ2n) is 3.69. The first-order valence-corrected chi connectivity index (χ1v) is 5.61. The van der Waals surface area contributed by atoms with Crippen LogP contribution in [0.25, 0.3) is 11.5 Å². The van der Waals surface area contributed by atoms with Gasteiger partial charge in [-0.15, -0.1) is 0 Å². The Balaban J connectivity index is 2.41. The second-order valence-corrected chi connectivity index (χ2v) is 3.69. The van der Waals surface area contributed by atoms with Gasteiger partial charge in [0.1, 0.15) is 0 Å². The molecule has 0 saturated heterocycles. The molecule has 0 aliphatic heterocycles. The molecule has 0 N–H and O–H groups in total. The number of halogens is 3. The van der Waals surface area contributed by atoms with Crippen molar-refractivity contribution in [2.75, 3.05) is 6.61 Å². The largest absolute Gasteiger partial charge is 0.460 e. The Morgan fingerprint density at radius 3 is 2.70 bits per heavy atom. The molecule has 8 heteroatoms. The molecule has 0 aliphatic carbocycles. The lowest BCUT2D eigenvalue weighted by atomic mass is 10.1. The molecule has 0 spiro atoms. The van der Waals surface area contributed by atoms with E-state index in [4.69, 9.17) is 4.52 Å². The number of esters is 1. The van der Waals surface area contributed by atoms with Crippen LogP contribution in [-0.4, -0.2) is 22.7 Å². The zero-order valence-corrected chi connectivity index (χ0v) is 10.3. The first-order valence-electron chi connectivity index (χ1n) is 5.61. The Hall–Kier alpha value is -2.38. The minimum atomic E-state index is -4.56. The Labute approximate surface area is 111 Å². The maximum absolute atomic E-state index is 12.8. The Bertz CT molecular complexity index is 622. The summed E-state index contributed by atoms with van der Waals surface area (Å²) in [6.45, 7) is 1.68. The van der Waals surface area contributed by atoms with Gasteiger partial charge < -0.3 is 9.26 Å². The number of nitrogens with zero attached hydrogens (tertiary/aromatic N) is 2. The number of alkyl halides is 3. The summed E-state index contributed by atoms with van der Waals surface area (Å²) >= 11 is 0. The normalized spacial score (nSPS) is 11.4. The fourth-order valence-electron chi connectivity index (χ4n) is 1.53. The third kappa shape index (κ3) is 2.79. The third-order valence-electron chi connectivity index (χ3n) is 2.35. The van der Waals surface area contributed by atoms with Crippen LogP contribution in [0.5, 0.6) is 0 Å². The highest BCUT2D eigenvalue weighted by molar-refractivity contribution is 5.85. The summed E-state index contributed by atoms with van der Waals surface area (Å²) in [6.07, 6.45) is -4.56. The maximum Gasteiger partial charge on any atom is 0.417 e. The third-order valence-corrected chi connectivity index (χ3v) is 2.35. The summed E-state index contributed by atoms with van der Waals surface area (Å²) in [6, 6.07) is 4.72. The van der Waals surface area contributed by atoms with Crippen LogP contribution >= 0.6 is 0 Å². The standard InChI is InChI=1S/C12H9F3N2O3/c1-2-19-11(18)9-16-10(20-17-9)7-5-3-4-6-8(7)12(13,14)15/h3-6H,2H2,1H3. The summed E-state index contributed by atoms with van der Waals surface area (Å²) in [5.41, 5.74) is -1.21. The molecule has 0 unspecified atom stereocenters. The molecule has 0 bridgehead atoms. The first kappa shape index (κ1) is 14.0. The molecule has 0 fully saturated rings. The lowest BCUT2D eigenvalue weighted by Gasteiger charge is -2.09. The quantitative estimate of drug-likeness (QED) is 0.812. The molecule has 2 aromatic rings. The number of rotatable bonds is 3. The number of aromatic nitrogens is 2. The molecule has 5 nitrogen and oxygen atoms in total. The van der Waals surface area contributed by atoms with Gasteiger partial charge in [0.15, 0.2) is 0 Å². The second kappa shape index (κ2) is 5.32. The van der Waals surface area contributed by atoms with Crippen molar-refractivity contribution in [2.45, 2.75) is 13.1 Å². The van der Waals surface area contributed by atoms with Crippen molar-refractivity contribution < 1.29 is 27.2 Å². The van der Waals surface area contributed by atoms with E-state index < -0.39 is 23.5 Å². The molecule has 2 rings (SSSR count). The van der Waals surface area contributed by atoms with Gasteiger partial charge in [0.05, 0.1) is 17.7 Å². The van der Waals surface area contributed by atoms with Crippen LogP contribution in [0.15, 0.2) is 28.8 Å². The SMILES string of the molecule is CCOC(=O)c1noc(-c2ccccc2C(F)(F)F)n1. The van der Waals surface area contributed by atoms with E-state index >= 15 is 0 Å². The summed E-state index contributed by atoms with van der Waals surface area (Å²) in [5, 5.41) is 3.31. The predicted molar refractivity (Wildman–Crippen MR) is 60.7 cm³/mol. The molecule has 20 heavy (non-hydrogen) atoms. The Kier molecular flexibility index (Phi) is 3.73. The minimum absolute atomic E-state index is 0.0991. The smallest absolute Gasteiger partial charge is 0.417 e. The van der Waals surface area contributed by atoms with Crippen molar-refractivity contribution >= 4 is 5.97 Å². The van der Waals surface area contributed by atoms with Crippen LogP contribution in [0.2, 0.25) is 0 Å². The molecule has 0 radical (unpaired) electrons. The van der Waals surface area contributed by atoms with Crippen molar-refractivity contribution in [3.05, 3.63) is 35.7 Å². The highest BCUT2D eigenvalue weighted by atomic mass is 19.4. The van der Waals surface area contributed by atoms with Crippen LogP contribution < -0.4 is 0 Å². The van der Waals surface area contributed by atoms with Gasteiger partial charge in [0, 0.05) is 0 Å². The number of carbonyl (C=O) groups is 1. The Morgan fingerprint density at radius 2 is 2.05 bits per heavy atom. The average Bonchev–Trinajstić information content (AvgIpc) is 2.87. The summed E-state index contributed by atoms with van der Waals surface area (Å²) < 4.78 is 47.8.